The van der Waals surface area contributed by atoms with Crippen LogP contribution in [0, 0.1) is 5.92 Å². The van der Waals surface area contributed by atoms with E-state index < -0.39 is 163 Å². The number of phenolic OH excluding ortho intramolecular Hbond substituents is 1. The van der Waals surface area contributed by atoms with Crippen LogP contribution in [0.4, 0.5) is 0 Å². The summed E-state index contributed by atoms with van der Waals surface area (Å²) < 4.78 is 0. The SMILES string of the molecule is CC(=O)N[C@@H](CCCCN)C(=O)N1CCC[C@H]1C(=O)N[C@H](C(N)=O)C(C)C.CCCCCCCCCCCC(=O)NCCC(=O)NCCCC[C@H](NC(C)=O)C(=O)N[C@@H](Cc1ccc(O)cc1)C(=O)N[C@@H](C)C(=O)N[C@@H](CCCC)C(=O)N[C@@H](CCC(=O)O)C(=O)N[C@@H](CO)C(=O)N[C@H](Cc1ccccc1)C(=O)N[C@@H](CCCN=C(N)N)C(=O)N[C@@H](Cc1c[nH]c2ccccc12)C(=O)NCC.O. The second-order valence-corrected chi connectivity index (χ2v) is 34.5. The number of carbonyl (C=O) groups excluding carboxylic acids is 16. The summed E-state index contributed by atoms with van der Waals surface area (Å²) in [5, 5.41) is 68.3. The maximum Gasteiger partial charge on any atom is 0.303 e. The number of primary amides is 1. The number of aromatic nitrogens is 1. The molecular formula is C95H151N21O21. The third-order valence-corrected chi connectivity index (χ3v) is 22.8. The largest absolute Gasteiger partial charge is 0.508 e. The fourth-order valence-corrected chi connectivity index (χ4v) is 15.3. The molecule has 5 rings (SSSR count). The lowest BCUT2D eigenvalue weighted by molar-refractivity contribution is -0.142. The second kappa shape index (κ2) is 65.8. The van der Waals surface area contributed by atoms with Crippen molar-refractivity contribution in [2.45, 2.75) is 314 Å². The molecule has 1 fully saturated rings. The van der Waals surface area contributed by atoms with Gasteiger partial charge in [-0.3, -0.25) is 86.5 Å². The smallest absolute Gasteiger partial charge is 0.303 e. The number of likely N-dealkylation sites (N-methyl/N-ethyl adjacent to an activating group) is 1. The minimum Gasteiger partial charge on any atom is -0.508 e. The number of fused-ring (bicyclic) bond motifs is 1. The minimum absolute atomic E-state index is 0. The van der Waals surface area contributed by atoms with Gasteiger partial charge in [0, 0.05) is 102 Å². The number of guanidine groups is 1. The number of benzene rings is 3. The second-order valence-electron chi connectivity index (χ2n) is 34.5. The first kappa shape index (κ1) is 118. The molecular weight excluding hydrogens is 1770 g/mol. The molecule has 42 nitrogen and oxygen atoms in total. The number of H-pyrrole nitrogens is 1. The molecule has 42 heteroatoms. The molecule has 137 heavy (non-hydrogen) atoms. The molecule has 1 aliphatic rings. The number of hydrogen-bond acceptors (Lipinski definition) is 21. The van der Waals surface area contributed by atoms with Crippen LogP contribution in [0.15, 0.2) is 90.1 Å². The molecule has 0 aliphatic carbocycles. The molecule has 0 unspecified atom stereocenters. The van der Waals surface area contributed by atoms with Gasteiger partial charge in [-0.1, -0.05) is 153 Å². The van der Waals surface area contributed by atoms with Gasteiger partial charge < -0.3 is 128 Å². The molecule has 3 aromatic carbocycles. The molecule has 16 amide bonds. The lowest BCUT2D eigenvalue weighted by atomic mass is 10.0. The zero-order valence-electron chi connectivity index (χ0n) is 80.5. The molecule has 2 heterocycles. The van der Waals surface area contributed by atoms with Gasteiger partial charge in [-0.25, -0.2) is 0 Å². The van der Waals surface area contributed by atoms with E-state index >= 15 is 0 Å². The number of para-hydroxylation sites is 1. The number of amides is 16. The van der Waals surface area contributed by atoms with Crippen LogP contribution < -0.4 is 97.4 Å². The minimum atomic E-state index is -1.86. The summed E-state index contributed by atoms with van der Waals surface area (Å²) in [4.78, 5) is 235. The first-order valence-corrected chi connectivity index (χ1v) is 47.6. The molecule has 4 aromatic rings. The molecule has 0 radical (unpaired) electrons. The number of aliphatic carboxylic acids is 1. The number of aliphatic hydroxyl groups excluding tert-OH is 1. The Labute approximate surface area is 801 Å². The van der Waals surface area contributed by atoms with Crippen LogP contribution in [0.2, 0.25) is 0 Å². The van der Waals surface area contributed by atoms with Crippen LogP contribution in [0.3, 0.4) is 0 Å². The number of hydrogen-bond donors (Lipinski definition) is 22. The van der Waals surface area contributed by atoms with Crippen molar-refractivity contribution >= 4 is 117 Å². The number of carbonyl (C=O) groups is 17. The zero-order valence-corrected chi connectivity index (χ0v) is 80.5. The van der Waals surface area contributed by atoms with Crippen molar-refractivity contribution in [1.82, 2.24) is 84.3 Å². The Bertz CT molecular complexity index is 4510. The van der Waals surface area contributed by atoms with Gasteiger partial charge in [-0.2, -0.15) is 0 Å². The van der Waals surface area contributed by atoms with Crippen LogP contribution in [-0.2, 0) is 101 Å². The Morgan fingerprint density at radius 2 is 0.942 bits per heavy atom. The van der Waals surface area contributed by atoms with Gasteiger partial charge >= 0.3 is 5.97 Å². The molecule has 28 N–H and O–H groups in total. The van der Waals surface area contributed by atoms with E-state index in [1.54, 1.807) is 64.2 Å². The predicted octanol–water partition coefficient (Wildman–Crippen LogP) is 0.668. The number of carboxylic acids is 1. The maximum absolute atomic E-state index is 14.6. The van der Waals surface area contributed by atoms with Crippen molar-refractivity contribution in [3.8, 4) is 5.75 Å². The molecule has 12 atom stereocenters. The van der Waals surface area contributed by atoms with E-state index in [2.05, 4.69) is 91.3 Å². The topological polar surface area (TPSA) is 686 Å². The highest BCUT2D eigenvalue weighted by Crippen LogP contribution is 2.24. The fraction of sp³-hybridized carbons (Fsp3) is 0.600. The number of unbranched alkanes of at least 4 members (excludes halogenated alkanes) is 11. The Kier molecular flexibility index (Phi) is 56.8. The Hall–Kier alpha value is -12.9. The molecule has 1 saturated heterocycles. The number of nitrogens with one attached hydrogen (secondary N) is 15. The van der Waals surface area contributed by atoms with E-state index in [9.17, 15) is 96.8 Å². The van der Waals surface area contributed by atoms with Crippen molar-refractivity contribution in [3.63, 3.8) is 0 Å². The maximum atomic E-state index is 14.6. The van der Waals surface area contributed by atoms with Crippen LogP contribution in [-0.4, -0.2) is 256 Å². The molecule has 0 saturated carbocycles. The lowest BCUT2D eigenvalue weighted by Gasteiger charge is -2.30. The normalized spacial score (nSPS) is 14.4. The van der Waals surface area contributed by atoms with E-state index in [0.717, 1.165) is 48.6 Å². The first-order chi connectivity index (χ1) is 64.9. The number of carboxylic acid groups (broad SMARTS) is 1. The number of nitrogens with zero attached hydrogens (tertiary/aromatic N) is 2. The fourth-order valence-electron chi connectivity index (χ4n) is 15.3. The summed E-state index contributed by atoms with van der Waals surface area (Å²) in [6.07, 6.45) is 15.6. The van der Waals surface area contributed by atoms with Gasteiger partial charge in [0.05, 0.1) is 6.61 Å². The van der Waals surface area contributed by atoms with E-state index in [4.69, 9.17) is 22.9 Å². The summed E-state index contributed by atoms with van der Waals surface area (Å²) >= 11 is 0. The molecule has 1 aromatic heterocycles. The highest BCUT2D eigenvalue weighted by Gasteiger charge is 2.41. The zero-order chi connectivity index (χ0) is 101. The molecule has 1 aliphatic heterocycles. The Morgan fingerprint density at radius 1 is 0.467 bits per heavy atom. The number of aliphatic hydroxyl groups is 1. The number of likely N-dealkylation sites (tertiary alicyclic amines) is 1. The number of nitrogens with two attached hydrogens (primary N) is 4. The van der Waals surface area contributed by atoms with Crippen molar-refractivity contribution < 1.29 is 102 Å². The summed E-state index contributed by atoms with van der Waals surface area (Å²) in [5.74, 6) is -12.3. The van der Waals surface area contributed by atoms with Gasteiger partial charge in [0.25, 0.3) is 0 Å². The highest BCUT2D eigenvalue weighted by molar-refractivity contribution is 6.00. The predicted molar refractivity (Wildman–Crippen MR) is 516 cm³/mol. The monoisotopic (exact) mass is 1920 g/mol. The van der Waals surface area contributed by atoms with Gasteiger partial charge in [0.2, 0.25) is 94.5 Å². The van der Waals surface area contributed by atoms with Crippen LogP contribution in [0.1, 0.15) is 239 Å². The van der Waals surface area contributed by atoms with Crippen LogP contribution in [0.5, 0.6) is 5.75 Å². The van der Waals surface area contributed by atoms with Crippen molar-refractivity contribution in [1.29, 1.82) is 0 Å². The van der Waals surface area contributed by atoms with Crippen LogP contribution in [0.25, 0.3) is 10.9 Å². The number of aliphatic imine (C=N–C) groups is 1. The summed E-state index contributed by atoms with van der Waals surface area (Å²) in [6.45, 7) is 13.7. The number of aromatic amines is 1. The third-order valence-electron chi connectivity index (χ3n) is 22.8. The lowest BCUT2D eigenvalue weighted by Crippen LogP contribution is -2.61. The third kappa shape index (κ3) is 46.0. The number of aromatic hydroxyl groups is 1. The van der Waals surface area contributed by atoms with E-state index in [-0.39, 0.29) is 130 Å². The van der Waals surface area contributed by atoms with Gasteiger partial charge in [0.1, 0.15) is 78.3 Å². The summed E-state index contributed by atoms with van der Waals surface area (Å²) in [5.41, 5.74) is 24.5. The van der Waals surface area contributed by atoms with Crippen molar-refractivity contribution in [2.75, 3.05) is 45.9 Å². The average molecular weight is 1920 g/mol. The molecule has 0 bridgehead atoms. The summed E-state index contributed by atoms with van der Waals surface area (Å²) in [7, 11) is 0. The number of phenols is 1. The van der Waals surface area contributed by atoms with Crippen molar-refractivity contribution in [3.05, 3.63) is 102 Å². The quantitative estimate of drug-likeness (QED) is 0.0164. The molecule has 0 spiro atoms. The highest BCUT2D eigenvalue weighted by atomic mass is 16.4. The Balaban J connectivity index is 0.00000148. The average Bonchev–Trinajstić information content (AvgIpc) is 1.70. The Morgan fingerprint density at radius 3 is 1.50 bits per heavy atom. The van der Waals surface area contributed by atoms with Crippen LogP contribution >= 0.6 is 0 Å². The van der Waals surface area contributed by atoms with Gasteiger partial charge in [0.15, 0.2) is 5.96 Å². The molecule has 762 valence electrons. The van der Waals surface area contributed by atoms with Gasteiger partial charge in [-0.05, 0) is 145 Å². The van der Waals surface area contributed by atoms with E-state index in [1.807, 2.05) is 24.3 Å². The van der Waals surface area contributed by atoms with E-state index in [0.29, 0.717) is 82.0 Å². The standard InChI is InChI=1S/C77H116N16O16.C18H33N5O4.H2O/c1-6-9-11-12-13-14-15-16-20-33-65(97)82-43-40-66(98)81-41-24-23-31-57(86-50(5)95)70(103)90-61(45-52-34-36-54(96)37-35-52)74(107)85-49(4)68(101)87-58(29-10-7-2)71(104)89-60(38-39-67(99)100)73(106)93-64(48-94)76(109)91-62(44-51-26-18-17-19-27-51)75(108)88-59(32-25-42-83-77(78)79)72(105)92-63(69(102)80-8-3)46-53-47-84-56-30-22-21-28-55(53)56;1-11(2)15(16(20)25)22-17(26)14-8-6-10-23(14)18(27)13(21-12(3)24)7-4-5-9-19;/h17-19,21-22,26-28,30,34-37,47,49,57-64,84,94,96H,6-16,20,23-25,29,31-33,38-46,48H2,1-5H3,(H,80,102)(H,81,98)(H,82,97)(H,85,107)(H,86,95)(H,87,101)(H,88,108)(H,89,104)(H,90,103)(H,91,109)(H,92,105)(H,93,106)(H,99,100)(H4,78,79,83);11,13-15H,4-10,19H2,1-3H3,(H2,20,25)(H,21,24)(H,22,26);1H2/t49-,57-,58-,59-,60-,61-,62+,63-,64-;13-,14-,15-;/m00./s1. The van der Waals surface area contributed by atoms with Crippen molar-refractivity contribution in [2.24, 2.45) is 33.8 Å². The number of rotatable bonds is 64. The first-order valence-electron chi connectivity index (χ1n) is 47.6. The van der Waals surface area contributed by atoms with E-state index in [1.165, 1.54) is 82.0 Å². The van der Waals surface area contributed by atoms with Gasteiger partial charge in [-0.15, -0.1) is 0 Å². The summed E-state index contributed by atoms with van der Waals surface area (Å²) in [6, 6.07) is 6.44.